The van der Waals surface area contributed by atoms with Gasteiger partial charge in [-0.2, -0.15) is 0 Å². The summed E-state index contributed by atoms with van der Waals surface area (Å²) in [7, 11) is 0. The molecule has 0 aliphatic carbocycles. The van der Waals surface area contributed by atoms with Crippen LogP contribution in [0, 0.1) is 0 Å². The Morgan fingerprint density at radius 3 is 0.800 bits per heavy atom. The van der Waals surface area contributed by atoms with E-state index in [0.717, 1.165) is 55.4 Å². The van der Waals surface area contributed by atoms with Crippen LogP contribution in [-0.4, -0.2) is 12.5 Å². The third-order valence-corrected chi connectivity index (χ3v) is 16.4. The van der Waals surface area contributed by atoms with Crippen LogP contribution in [0.15, 0.2) is 55.4 Å². The molecule has 11 heteroatoms. The fraction of sp³-hybridized carbons (Fsp3) is 0.143. The van der Waals surface area contributed by atoms with Gasteiger partial charge in [-0.3, -0.25) is 0 Å². The number of hydrogen-bond donors (Lipinski definition) is 0. The molecule has 0 aromatic heterocycles. The molecule has 0 unspecified atom stereocenters. The van der Waals surface area contributed by atoms with Crippen LogP contribution in [0.1, 0.15) is 0 Å². The van der Waals surface area contributed by atoms with Crippen LogP contribution in [0.5, 0.6) is 0 Å². The van der Waals surface area contributed by atoms with Crippen molar-refractivity contribution in [2.75, 3.05) is 12.5 Å². The lowest BCUT2D eigenvalue weighted by Gasteiger charge is -2.18. The smallest absolute Gasteiger partial charge is 0.0480 e. The molecule has 0 amide bonds. The molecule has 25 heavy (non-hydrogen) atoms. The first-order chi connectivity index (χ1) is 11.7. The molecule has 0 heterocycles. The zero-order valence-electron chi connectivity index (χ0n) is 12.2. The number of thioether (sulfide) groups is 2. The van der Waals surface area contributed by atoms with Gasteiger partial charge in [0.1, 0.15) is 0 Å². The van der Waals surface area contributed by atoms with E-state index in [2.05, 4.69) is 140 Å². The summed E-state index contributed by atoms with van der Waals surface area (Å²) in [6.45, 7) is 0. The Morgan fingerprint density at radius 1 is 0.400 bits per heavy atom. The summed E-state index contributed by atoms with van der Waals surface area (Å²) in [6, 6.07) is 0. The zero-order valence-corrected chi connectivity index (χ0v) is 27.4. The van der Waals surface area contributed by atoms with Crippen molar-refractivity contribution in [3.63, 3.8) is 0 Å². The maximum absolute atomic E-state index is 3.74. The lowest BCUT2D eigenvalue weighted by atomic mass is 10.3. The lowest BCUT2D eigenvalue weighted by Crippen LogP contribution is -1.91. The Labute approximate surface area is 227 Å². The molecule has 0 radical (unpaired) electrons. The van der Waals surface area contributed by atoms with Crippen molar-refractivity contribution in [2.24, 2.45) is 0 Å². The highest BCUT2D eigenvalue weighted by atomic mass is 79.9. The summed E-state index contributed by atoms with van der Waals surface area (Å²) in [5, 5.41) is 0. The van der Waals surface area contributed by atoms with Crippen LogP contribution in [0.25, 0.3) is 0 Å². The average Bonchev–Trinajstić information content (AvgIpc) is 2.59. The molecule has 0 atom stereocenters. The highest BCUT2D eigenvalue weighted by molar-refractivity contribution is 9.14. The minimum absolute atomic E-state index is 1.01. The van der Waals surface area contributed by atoms with Gasteiger partial charge in [0.15, 0.2) is 0 Å². The molecule has 0 aliphatic heterocycles. The normalized spacial score (nSPS) is 11.3. The van der Waals surface area contributed by atoms with E-state index < -0.39 is 0 Å². The minimum Gasteiger partial charge on any atom is -0.127 e. The van der Waals surface area contributed by atoms with Gasteiger partial charge in [0.05, 0.1) is 0 Å². The van der Waals surface area contributed by atoms with Crippen LogP contribution in [0.3, 0.4) is 0 Å². The molecule has 0 saturated carbocycles. The molecule has 2 aromatic carbocycles. The second-order valence-corrected chi connectivity index (χ2v) is 13.3. The Hall–Kier alpha value is 3.33. The zero-order chi connectivity index (χ0) is 19.0. The van der Waals surface area contributed by atoms with E-state index >= 15 is 0 Å². The van der Waals surface area contributed by atoms with Crippen LogP contribution in [-0.2, 0) is 0 Å². The van der Waals surface area contributed by atoms with Gasteiger partial charge in [0.2, 0.25) is 0 Å². The monoisotopic (exact) mass is 901 g/mol. The number of rotatable bonds is 4. The van der Waals surface area contributed by atoms with Crippen LogP contribution >= 0.6 is 163 Å². The fourth-order valence-electron chi connectivity index (χ4n) is 1.82. The Morgan fingerprint density at radius 2 is 0.600 bits per heavy atom. The third-order valence-electron chi connectivity index (χ3n) is 2.98. The van der Waals surface area contributed by atoms with Gasteiger partial charge in [-0.25, -0.2) is 0 Å². The Bertz CT molecular complexity index is 725. The Kier molecular flexibility index (Phi) is 10.4. The molecule has 0 aliphatic rings. The van der Waals surface area contributed by atoms with E-state index in [-0.39, 0.29) is 0 Å². The second-order valence-electron chi connectivity index (χ2n) is 4.34. The van der Waals surface area contributed by atoms with E-state index in [4.69, 9.17) is 0 Å². The first-order valence-electron chi connectivity index (χ1n) is 6.14. The van der Waals surface area contributed by atoms with Crippen molar-refractivity contribution in [3.8, 4) is 0 Å². The summed E-state index contributed by atoms with van der Waals surface area (Å²) in [5.41, 5.74) is 0. The van der Waals surface area contributed by atoms with E-state index in [0.29, 0.717) is 0 Å². The van der Waals surface area contributed by atoms with Crippen LogP contribution < -0.4 is 0 Å². The first kappa shape index (κ1) is 24.6. The number of hydrogen-bond acceptors (Lipinski definition) is 3. The minimum atomic E-state index is 1.01. The Balaban J connectivity index is 2.70. The maximum Gasteiger partial charge on any atom is 0.0480 e. The molecule has 0 saturated heterocycles. The van der Waals surface area contributed by atoms with Gasteiger partial charge in [0, 0.05) is 55.4 Å². The van der Waals surface area contributed by atoms with Crippen molar-refractivity contribution < 1.29 is 0 Å². The molecule has 0 N–H and O–H groups in total. The van der Waals surface area contributed by atoms with Crippen molar-refractivity contribution in [1.29, 1.82) is 0 Å². The van der Waals surface area contributed by atoms with Crippen molar-refractivity contribution in [3.05, 3.63) is 35.8 Å². The maximum atomic E-state index is 3.74. The number of halogens is 8. The van der Waals surface area contributed by atoms with Gasteiger partial charge in [0.25, 0.3) is 0 Å². The summed E-state index contributed by atoms with van der Waals surface area (Å²) >= 11 is 34.8. The lowest BCUT2D eigenvalue weighted by molar-refractivity contribution is 1.17. The van der Waals surface area contributed by atoms with Crippen molar-refractivity contribution in [1.82, 2.24) is 0 Å². The van der Waals surface area contributed by atoms with Gasteiger partial charge < -0.3 is 0 Å². The van der Waals surface area contributed by atoms with Gasteiger partial charge >= 0.3 is 0 Å². The molecule has 136 valence electrons. The van der Waals surface area contributed by atoms with Crippen LogP contribution in [0.4, 0.5) is 0 Å². The van der Waals surface area contributed by atoms with E-state index in [9.17, 15) is 0 Å². The SMILES string of the molecule is CSc1c(Br)c(Br)c(Sc2c(Br)c(Br)c(SC)c(Br)c2Br)c(Br)c1Br. The van der Waals surface area contributed by atoms with Gasteiger partial charge in [-0.15, -0.1) is 23.5 Å². The molecule has 2 aromatic rings. The van der Waals surface area contributed by atoms with Gasteiger partial charge in [-0.05, 0) is 140 Å². The molecule has 0 fully saturated rings. The molecule has 2 rings (SSSR count). The van der Waals surface area contributed by atoms with E-state index in [1.54, 1.807) is 35.3 Å². The van der Waals surface area contributed by atoms with E-state index in [1.807, 2.05) is 0 Å². The highest BCUT2D eigenvalue weighted by Gasteiger charge is 2.24. The summed E-state index contributed by atoms with van der Waals surface area (Å²) in [5.74, 6) is 0. The van der Waals surface area contributed by atoms with E-state index in [1.165, 1.54) is 0 Å². The largest absolute Gasteiger partial charge is 0.127 e. The third kappa shape index (κ3) is 4.98. The molecule has 0 spiro atoms. The summed E-state index contributed by atoms with van der Waals surface area (Å²) in [4.78, 5) is 4.44. The standard InChI is InChI=1S/C14H6Br8S3/c1-23-11-3(15)7(19)13(8(20)4(11)16)25-14-9(21)5(17)12(24-2)6(18)10(14)22/h1-2H3. The fourth-order valence-corrected chi connectivity index (χ4v) is 12.1. The van der Waals surface area contributed by atoms with Crippen molar-refractivity contribution in [2.45, 2.75) is 19.6 Å². The topological polar surface area (TPSA) is 0 Å². The molecular weight excluding hydrogens is 904 g/mol. The molecule has 0 bridgehead atoms. The predicted octanol–water partition coefficient (Wildman–Crippen LogP) is 11.4. The quantitative estimate of drug-likeness (QED) is 0.222. The van der Waals surface area contributed by atoms with Crippen LogP contribution in [0.2, 0.25) is 0 Å². The molecular formula is C14H6Br8S3. The van der Waals surface area contributed by atoms with Crippen molar-refractivity contribution >= 4 is 163 Å². The predicted molar refractivity (Wildman–Crippen MR) is 142 cm³/mol. The van der Waals surface area contributed by atoms with Gasteiger partial charge in [-0.1, -0.05) is 11.8 Å². The highest BCUT2D eigenvalue weighted by Crippen LogP contribution is 2.55. The number of benzene rings is 2. The average molecular weight is 910 g/mol. The summed E-state index contributed by atoms with van der Waals surface area (Å²) in [6.07, 6.45) is 4.11. The summed E-state index contributed by atoms with van der Waals surface area (Å²) < 4.78 is 8.17. The first-order valence-corrected chi connectivity index (χ1v) is 15.8. The second kappa shape index (κ2) is 10.6. The molecule has 0 nitrogen and oxygen atoms in total.